The fourth-order valence-corrected chi connectivity index (χ4v) is 1.86. The van der Waals surface area contributed by atoms with Crippen LogP contribution < -0.4 is 5.32 Å². The van der Waals surface area contributed by atoms with Gasteiger partial charge in [0, 0.05) is 12.6 Å². The van der Waals surface area contributed by atoms with Crippen LogP contribution in [0.1, 0.15) is 26.7 Å². The summed E-state index contributed by atoms with van der Waals surface area (Å²) < 4.78 is 0. The van der Waals surface area contributed by atoms with Crippen molar-refractivity contribution in [2.45, 2.75) is 38.8 Å². The van der Waals surface area contributed by atoms with Gasteiger partial charge in [-0.2, -0.15) is 0 Å². The first-order valence-electron chi connectivity index (χ1n) is 5.21. The van der Waals surface area contributed by atoms with Gasteiger partial charge in [-0.05, 0) is 32.9 Å². The smallest absolute Gasteiger partial charge is 0.0683 e. The van der Waals surface area contributed by atoms with Gasteiger partial charge in [0.05, 0.1) is 6.04 Å². The van der Waals surface area contributed by atoms with Crippen molar-refractivity contribution in [2.24, 2.45) is 0 Å². The quantitative estimate of drug-likeness (QED) is 0.651. The Morgan fingerprint density at radius 1 is 1.69 bits per heavy atom. The number of terminal acetylenes is 1. The molecule has 1 rings (SSSR count). The number of likely N-dealkylation sites (N-methyl/N-ethyl adjacent to an activating group) is 1. The average Bonchev–Trinajstić information content (AvgIpc) is 2.65. The third-order valence-corrected chi connectivity index (χ3v) is 2.81. The van der Waals surface area contributed by atoms with Gasteiger partial charge >= 0.3 is 0 Å². The Bertz CT molecular complexity index is 177. The average molecular weight is 180 g/mol. The summed E-state index contributed by atoms with van der Waals surface area (Å²) in [4.78, 5) is 2.35. The van der Waals surface area contributed by atoms with Crippen LogP contribution in [-0.4, -0.2) is 36.6 Å². The molecule has 2 nitrogen and oxygen atoms in total. The van der Waals surface area contributed by atoms with Crippen LogP contribution >= 0.6 is 0 Å². The molecule has 0 bridgehead atoms. The molecule has 2 heteroatoms. The first kappa shape index (κ1) is 10.6. The molecule has 1 saturated heterocycles. The zero-order valence-corrected chi connectivity index (χ0v) is 8.71. The molecule has 1 aliphatic heterocycles. The van der Waals surface area contributed by atoms with Crippen LogP contribution in [0.4, 0.5) is 0 Å². The summed E-state index contributed by atoms with van der Waals surface area (Å²) in [5.41, 5.74) is 0. The van der Waals surface area contributed by atoms with Crippen molar-refractivity contribution in [1.29, 1.82) is 0 Å². The summed E-state index contributed by atoms with van der Waals surface area (Å²) in [5.74, 6) is 2.79. The Morgan fingerprint density at radius 2 is 2.46 bits per heavy atom. The van der Waals surface area contributed by atoms with Crippen molar-refractivity contribution in [3.05, 3.63) is 0 Å². The Labute approximate surface area is 81.7 Å². The Morgan fingerprint density at radius 3 is 2.92 bits per heavy atom. The Balaban J connectivity index is 2.34. The largest absolute Gasteiger partial charge is 0.313 e. The van der Waals surface area contributed by atoms with E-state index in [1.807, 2.05) is 0 Å². The minimum atomic E-state index is 0.271. The van der Waals surface area contributed by atoms with Gasteiger partial charge in [0.1, 0.15) is 0 Å². The van der Waals surface area contributed by atoms with Gasteiger partial charge in [-0.1, -0.05) is 12.8 Å². The molecule has 0 spiro atoms. The van der Waals surface area contributed by atoms with E-state index in [2.05, 4.69) is 30.0 Å². The van der Waals surface area contributed by atoms with E-state index in [1.165, 1.54) is 19.4 Å². The summed E-state index contributed by atoms with van der Waals surface area (Å²) in [6.07, 6.45) is 8.02. The highest BCUT2D eigenvalue weighted by Crippen LogP contribution is 2.08. The lowest BCUT2D eigenvalue weighted by Crippen LogP contribution is -2.41. The normalized spacial score (nSPS) is 24.6. The highest BCUT2D eigenvalue weighted by molar-refractivity contribution is 4.98. The van der Waals surface area contributed by atoms with Crippen molar-refractivity contribution in [1.82, 2.24) is 10.2 Å². The van der Waals surface area contributed by atoms with Crippen molar-refractivity contribution >= 4 is 0 Å². The van der Waals surface area contributed by atoms with Gasteiger partial charge in [-0.3, -0.25) is 4.90 Å². The molecule has 13 heavy (non-hydrogen) atoms. The third-order valence-electron chi connectivity index (χ3n) is 2.81. The van der Waals surface area contributed by atoms with Crippen LogP contribution in [-0.2, 0) is 0 Å². The molecule has 2 unspecified atom stereocenters. The van der Waals surface area contributed by atoms with Crippen LogP contribution in [0.15, 0.2) is 0 Å². The lowest BCUT2D eigenvalue weighted by Gasteiger charge is -2.26. The Kier molecular flexibility index (Phi) is 4.27. The van der Waals surface area contributed by atoms with E-state index < -0.39 is 0 Å². The second-order valence-corrected chi connectivity index (χ2v) is 3.72. The second-order valence-electron chi connectivity index (χ2n) is 3.72. The van der Waals surface area contributed by atoms with Crippen LogP contribution in [0.2, 0.25) is 0 Å². The molecule has 0 aromatic heterocycles. The first-order chi connectivity index (χ1) is 6.27. The maximum absolute atomic E-state index is 5.41. The maximum atomic E-state index is 5.41. The topological polar surface area (TPSA) is 15.3 Å². The van der Waals surface area contributed by atoms with Gasteiger partial charge in [0.25, 0.3) is 0 Å². The summed E-state index contributed by atoms with van der Waals surface area (Å²) in [6, 6.07) is 0.933. The van der Waals surface area contributed by atoms with E-state index in [0.717, 1.165) is 13.1 Å². The standard InChI is InChI=1S/C11H20N2/c1-4-10(3)13(5-2)9-11-7-6-8-12-11/h1,10-12H,5-9H2,2-3H3. The summed E-state index contributed by atoms with van der Waals surface area (Å²) in [7, 11) is 0. The van der Waals surface area contributed by atoms with Gasteiger partial charge in [0.2, 0.25) is 0 Å². The SMILES string of the molecule is C#CC(C)N(CC)CC1CCCN1. The fourth-order valence-electron chi connectivity index (χ4n) is 1.86. The number of nitrogens with one attached hydrogen (secondary N) is 1. The zero-order chi connectivity index (χ0) is 9.68. The summed E-state index contributed by atoms with van der Waals surface area (Å²) in [5, 5.41) is 3.49. The zero-order valence-electron chi connectivity index (χ0n) is 8.71. The fraction of sp³-hybridized carbons (Fsp3) is 0.818. The second kappa shape index (κ2) is 5.26. The molecule has 0 saturated carbocycles. The number of hydrogen-bond donors (Lipinski definition) is 1. The van der Waals surface area contributed by atoms with Crippen molar-refractivity contribution in [3.8, 4) is 12.3 Å². The van der Waals surface area contributed by atoms with Crippen LogP contribution in [0.3, 0.4) is 0 Å². The van der Waals surface area contributed by atoms with E-state index in [4.69, 9.17) is 6.42 Å². The highest BCUT2D eigenvalue weighted by atomic mass is 15.2. The molecule has 0 aromatic rings. The number of hydrogen-bond acceptors (Lipinski definition) is 2. The van der Waals surface area contributed by atoms with E-state index >= 15 is 0 Å². The van der Waals surface area contributed by atoms with Gasteiger partial charge < -0.3 is 5.32 Å². The molecule has 74 valence electrons. The molecular formula is C11H20N2. The monoisotopic (exact) mass is 180 g/mol. The molecule has 1 N–H and O–H groups in total. The molecule has 0 aromatic carbocycles. The summed E-state index contributed by atoms with van der Waals surface area (Å²) in [6.45, 7) is 7.58. The minimum Gasteiger partial charge on any atom is -0.313 e. The van der Waals surface area contributed by atoms with Crippen molar-refractivity contribution in [3.63, 3.8) is 0 Å². The first-order valence-corrected chi connectivity index (χ1v) is 5.21. The lowest BCUT2D eigenvalue weighted by atomic mass is 10.2. The summed E-state index contributed by atoms with van der Waals surface area (Å²) >= 11 is 0. The molecule has 0 radical (unpaired) electrons. The molecule has 0 aliphatic carbocycles. The molecule has 2 atom stereocenters. The third kappa shape index (κ3) is 3.02. The number of nitrogens with zero attached hydrogens (tertiary/aromatic N) is 1. The van der Waals surface area contributed by atoms with Crippen molar-refractivity contribution < 1.29 is 0 Å². The van der Waals surface area contributed by atoms with E-state index in [9.17, 15) is 0 Å². The van der Waals surface area contributed by atoms with Gasteiger partial charge in [-0.25, -0.2) is 0 Å². The molecule has 1 aliphatic rings. The molecule has 1 heterocycles. The predicted octanol–water partition coefficient (Wildman–Crippen LogP) is 1.08. The maximum Gasteiger partial charge on any atom is 0.0683 e. The van der Waals surface area contributed by atoms with Crippen molar-refractivity contribution in [2.75, 3.05) is 19.6 Å². The predicted molar refractivity (Wildman–Crippen MR) is 56.6 cm³/mol. The van der Waals surface area contributed by atoms with E-state index in [-0.39, 0.29) is 6.04 Å². The van der Waals surface area contributed by atoms with Gasteiger partial charge in [-0.15, -0.1) is 6.42 Å². The van der Waals surface area contributed by atoms with E-state index in [0.29, 0.717) is 6.04 Å². The molecule has 1 fully saturated rings. The Hall–Kier alpha value is -0.520. The van der Waals surface area contributed by atoms with E-state index in [1.54, 1.807) is 0 Å². The lowest BCUT2D eigenvalue weighted by molar-refractivity contribution is 0.237. The molecule has 0 amide bonds. The minimum absolute atomic E-state index is 0.271. The van der Waals surface area contributed by atoms with Crippen LogP contribution in [0, 0.1) is 12.3 Å². The van der Waals surface area contributed by atoms with Crippen LogP contribution in [0.5, 0.6) is 0 Å². The molecular weight excluding hydrogens is 160 g/mol. The highest BCUT2D eigenvalue weighted by Gasteiger charge is 2.18. The number of rotatable bonds is 4. The van der Waals surface area contributed by atoms with Crippen LogP contribution in [0.25, 0.3) is 0 Å². The van der Waals surface area contributed by atoms with Gasteiger partial charge in [0.15, 0.2) is 0 Å².